The van der Waals surface area contributed by atoms with Gasteiger partial charge < -0.3 is 20.1 Å². The monoisotopic (exact) mass is 472 g/mol. The Kier molecular flexibility index (Phi) is 5.53. The zero-order valence-corrected chi connectivity index (χ0v) is 15.9. The second-order valence-electron chi connectivity index (χ2n) is 6.23. The second kappa shape index (κ2) is 8.33. The zero-order chi connectivity index (χ0) is 23.6. The summed E-state index contributed by atoms with van der Waals surface area (Å²) < 4.78 is 86.1. The normalized spacial score (nSPS) is 11.9. The molecule has 0 bridgehead atoms. The summed E-state index contributed by atoms with van der Waals surface area (Å²) in [6, 6.07) is 9.58. The van der Waals surface area contributed by atoms with Gasteiger partial charge in [-0.2, -0.15) is 0 Å². The van der Waals surface area contributed by atoms with Gasteiger partial charge in [-0.1, -0.05) is 0 Å². The van der Waals surface area contributed by atoms with Gasteiger partial charge in [0.1, 0.15) is 11.5 Å². The quantitative estimate of drug-likeness (QED) is 0.362. The Balaban J connectivity index is 1.57. The number of aromatic nitrogens is 4. The van der Waals surface area contributed by atoms with Crippen molar-refractivity contribution in [3.8, 4) is 11.5 Å². The van der Waals surface area contributed by atoms with Crippen LogP contribution in [0.4, 0.5) is 49.4 Å². The fraction of sp³-hybridized carbons (Fsp3) is 0.111. The standard InChI is InChI=1S/C18H10F6N6O3/c19-17(20,21)31-11-5-1-9(2-6-11)25-13-14(28-16-15(27-13)29-33-30-16)26-10-3-7-12(8-4-10)32-18(22,23)24/h1-8H,(H,25,27,29)(H,26,28,30). The first-order valence-corrected chi connectivity index (χ1v) is 8.80. The van der Waals surface area contributed by atoms with Crippen LogP contribution in [0.1, 0.15) is 0 Å². The number of fused-ring (bicyclic) bond motifs is 1. The Morgan fingerprint density at radius 3 is 1.30 bits per heavy atom. The van der Waals surface area contributed by atoms with Crippen LogP contribution in [0.3, 0.4) is 0 Å². The van der Waals surface area contributed by atoms with E-state index in [0.29, 0.717) is 11.4 Å². The minimum absolute atomic E-state index is 0.0361. The van der Waals surface area contributed by atoms with E-state index in [4.69, 9.17) is 0 Å². The van der Waals surface area contributed by atoms with Gasteiger partial charge >= 0.3 is 12.7 Å². The maximum atomic E-state index is 12.3. The van der Waals surface area contributed by atoms with Crippen LogP contribution in [0.15, 0.2) is 53.2 Å². The first-order valence-electron chi connectivity index (χ1n) is 8.80. The maximum Gasteiger partial charge on any atom is 0.573 e. The van der Waals surface area contributed by atoms with Gasteiger partial charge in [0.15, 0.2) is 11.6 Å². The number of hydrogen-bond acceptors (Lipinski definition) is 9. The smallest absolute Gasteiger partial charge is 0.406 e. The zero-order valence-electron chi connectivity index (χ0n) is 15.9. The number of anilines is 4. The van der Waals surface area contributed by atoms with Crippen LogP contribution < -0.4 is 20.1 Å². The summed E-state index contributed by atoms with van der Waals surface area (Å²) in [6.45, 7) is 0. The minimum Gasteiger partial charge on any atom is -0.406 e. The number of hydrogen-bond donors (Lipinski definition) is 2. The molecule has 4 rings (SSSR count). The summed E-state index contributed by atoms with van der Waals surface area (Å²) in [5.74, 6) is -0.679. The maximum absolute atomic E-state index is 12.3. The first kappa shape index (κ1) is 21.9. The number of alkyl halides is 6. The molecule has 0 saturated carbocycles. The van der Waals surface area contributed by atoms with Crippen molar-refractivity contribution >= 4 is 34.3 Å². The van der Waals surface area contributed by atoms with Crippen molar-refractivity contribution in [3.05, 3.63) is 48.5 Å². The Labute approximate surface area is 179 Å². The molecule has 4 aromatic rings. The number of nitrogens with zero attached hydrogens (tertiary/aromatic N) is 4. The molecule has 172 valence electrons. The average molecular weight is 472 g/mol. The van der Waals surface area contributed by atoms with Crippen LogP contribution >= 0.6 is 0 Å². The van der Waals surface area contributed by atoms with E-state index in [1.165, 1.54) is 24.3 Å². The lowest BCUT2D eigenvalue weighted by Crippen LogP contribution is -2.17. The Bertz CT molecular complexity index is 1150. The van der Waals surface area contributed by atoms with E-state index in [9.17, 15) is 26.3 Å². The number of ether oxygens (including phenoxy) is 2. The number of rotatable bonds is 6. The Morgan fingerprint density at radius 1 is 0.606 bits per heavy atom. The summed E-state index contributed by atoms with van der Waals surface area (Å²) in [6.07, 6.45) is -9.66. The highest BCUT2D eigenvalue weighted by Crippen LogP contribution is 2.30. The van der Waals surface area contributed by atoms with Crippen LogP contribution in [-0.4, -0.2) is 33.0 Å². The van der Waals surface area contributed by atoms with E-state index >= 15 is 0 Å². The van der Waals surface area contributed by atoms with Crippen molar-refractivity contribution in [2.75, 3.05) is 10.6 Å². The van der Waals surface area contributed by atoms with E-state index in [1.54, 1.807) is 0 Å². The molecule has 2 aromatic heterocycles. The molecule has 0 spiro atoms. The largest absolute Gasteiger partial charge is 0.573 e. The molecule has 0 aliphatic heterocycles. The number of benzene rings is 2. The summed E-state index contributed by atoms with van der Waals surface area (Å²) in [4.78, 5) is 8.37. The van der Waals surface area contributed by atoms with Crippen LogP contribution in [0.2, 0.25) is 0 Å². The van der Waals surface area contributed by atoms with Gasteiger partial charge in [-0.15, -0.1) is 26.3 Å². The fourth-order valence-corrected chi connectivity index (χ4v) is 2.57. The van der Waals surface area contributed by atoms with Crippen molar-refractivity contribution in [1.82, 2.24) is 20.3 Å². The molecule has 9 nitrogen and oxygen atoms in total. The number of nitrogens with one attached hydrogen (secondary N) is 2. The van der Waals surface area contributed by atoms with Crippen molar-refractivity contribution in [1.29, 1.82) is 0 Å². The molecule has 2 heterocycles. The fourth-order valence-electron chi connectivity index (χ4n) is 2.57. The highest BCUT2D eigenvalue weighted by molar-refractivity contribution is 5.79. The number of halogens is 6. The molecule has 0 saturated heterocycles. The molecule has 0 aliphatic rings. The predicted molar refractivity (Wildman–Crippen MR) is 100 cm³/mol. The molecule has 2 N–H and O–H groups in total. The third kappa shape index (κ3) is 5.90. The minimum atomic E-state index is -4.83. The van der Waals surface area contributed by atoms with E-state index in [1.807, 2.05) is 0 Å². The Morgan fingerprint density at radius 2 is 0.970 bits per heavy atom. The highest BCUT2D eigenvalue weighted by Gasteiger charge is 2.31. The van der Waals surface area contributed by atoms with Crippen LogP contribution in [0, 0.1) is 0 Å². The van der Waals surface area contributed by atoms with Gasteiger partial charge in [0.2, 0.25) is 11.3 Å². The van der Waals surface area contributed by atoms with Gasteiger partial charge in [-0.25, -0.2) is 14.6 Å². The first-order chi connectivity index (χ1) is 15.5. The second-order valence-corrected chi connectivity index (χ2v) is 6.23. The van der Waals surface area contributed by atoms with Crippen molar-refractivity contribution in [2.24, 2.45) is 0 Å². The molecule has 33 heavy (non-hydrogen) atoms. The molecule has 0 fully saturated rings. The van der Waals surface area contributed by atoms with E-state index in [0.717, 1.165) is 24.3 Å². The summed E-state index contributed by atoms with van der Waals surface area (Å²) in [5.41, 5.74) is 0.723. The summed E-state index contributed by atoms with van der Waals surface area (Å²) in [7, 11) is 0. The molecule has 0 amide bonds. The summed E-state index contributed by atoms with van der Waals surface area (Å²) >= 11 is 0. The van der Waals surface area contributed by atoms with Crippen molar-refractivity contribution in [3.63, 3.8) is 0 Å². The van der Waals surface area contributed by atoms with Gasteiger partial charge in [-0.05, 0) is 58.8 Å². The predicted octanol–water partition coefficient (Wildman–Crippen LogP) is 5.30. The molecule has 0 atom stereocenters. The van der Waals surface area contributed by atoms with Crippen molar-refractivity contribution in [2.45, 2.75) is 12.7 Å². The molecule has 2 aromatic carbocycles. The molecule has 15 heteroatoms. The molecular weight excluding hydrogens is 462 g/mol. The third-order valence-corrected chi connectivity index (χ3v) is 3.82. The van der Waals surface area contributed by atoms with E-state index in [2.05, 4.69) is 45.0 Å². The lowest BCUT2D eigenvalue weighted by molar-refractivity contribution is -0.275. The van der Waals surface area contributed by atoms with Gasteiger partial charge in [-0.3, -0.25) is 0 Å². The lowest BCUT2D eigenvalue weighted by atomic mass is 10.3. The highest BCUT2D eigenvalue weighted by atomic mass is 19.4. The SMILES string of the molecule is FC(F)(F)Oc1ccc(Nc2nc3nonc3nc2Nc2ccc(OC(F)(F)F)cc2)cc1. The third-order valence-electron chi connectivity index (χ3n) is 3.82. The molecule has 0 aliphatic carbocycles. The molecule has 0 unspecified atom stereocenters. The summed E-state index contributed by atoms with van der Waals surface area (Å²) in [5, 5.41) is 12.9. The topological polar surface area (TPSA) is 107 Å². The lowest BCUT2D eigenvalue weighted by Gasteiger charge is -2.13. The average Bonchev–Trinajstić information content (AvgIpc) is 3.16. The van der Waals surface area contributed by atoms with E-state index in [-0.39, 0.29) is 22.9 Å². The van der Waals surface area contributed by atoms with Crippen LogP contribution in [0.25, 0.3) is 11.3 Å². The molecule has 0 radical (unpaired) electrons. The van der Waals surface area contributed by atoms with E-state index < -0.39 is 24.2 Å². The molecular formula is C18H10F6N6O3. The van der Waals surface area contributed by atoms with Crippen LogP contribution in [-0.2, 0) is 0 Å². The van der Waals surface area contributed by atoms with Gasteiger partial charge in [0.05, 0.1) is 0 Å². The van der Waals surface area contributed by atoms with Crippen molar-refractivity contribution < 1.29 is 40.4 Å². The van der Waals surface area contributed by atoms with Crippen LogP contribution in [0.5, 0.6) is 11.5 Å². The van der Waals surface area contributed by atoms with Gasteiger partial charge in [0, 0.05) is 11.4 Å². The Hall–Kier alpha value is -4.30. The van der Waals surface area contributed by atoms with Gasteiger partial charge in [0.25, 0.3) is 0 Å².